The lowest BCUT2D eigenvalue weighted by molar-refractivity contribution is -0.141. The molecular formula is C22H39N5O7S. The predicted octanol–water partition coefficient (Wildman–Crippen LogP) is -1.34. The smallest absolute Gasteiger partial charge is 0.322 e. The van der Waals surface area contributed by atoms with Gasteiger partial charge in [0.25, 0.3) is 0 Å². The Labute approximate surface area is 210 Å². The molecule has 1 heterocycles. The van der Waals surface area contributed by atoms with Crippen molar-refractivity contribution in [1.29, 1.82) is 0 Å². The van der Waals surface area contributed by atoms with Crippen molar-refractivity contribution in [2.24, 2.45) is 11.7 Å². The third-order valence-corrected chi connectivity index (χ3v) is 6.25. The number of rotatable bonds is 14. The molecule has 0 aromatic carbocycles. The van der Waals surface area contributed by atoms with E-state index < -0.39 is 60.5 Å². The van der Waals surface area contributed by atoms with Crippen LogP contribution in [-0.4, -0.2) is 100 Å². The van der Waals surface area contributed by atoms with Crippen molar-refractivity contribution < 1.29 is 34.2 Å². The first-order chi connectivity index (χ1) is 16.4. The average molecular weight is 518 g/mol. The highest BCUT2D eigenvalue weighted by Gasteiger charge is 2.38. The van der Waals surface area contributed by atoms with Crippen molar-refractivity contribution in [3.05, 3.63) is 0 Å². The van der Waals surface area contributed by atoms with Crippen molar-refractivity contribution in [2.75, 3.05) is 25.1 Å². The Hall–Kier alpha value is -2.38. The summed E-state index contributed by atoms with van der Waals surface area (Å²) in [7, 11) is 0. The van der Waals surface area contributed by atoms with Crippen molar-refractivity contribution >= 4 is 41.4 Å². The van der Waals surface area contributed by atoms with E-state index in [2.05, 4.69) is 16.0 Å². The summed E-state index contributed by atoms with van der Waals surface area (Å²) in [6.45, 7) is 4.92. The van der Waals surface area contributed by atoms with Crippen LogP contribution >= 0.6 is 11.8 Å². The molecule has 200 valence electrons. The quantitative estimate of drug-likeness (QED) is 0.162. The highest BCUT2D eigenvalue weighted by Crippen LogP contribution is 2.20. The predicted molar refractivity (Wildman–Crippen MR) is 131 cm³/mol. The van der Waals surface area contributed by atoms with Gasteiger partial charge in [0.1, 0.15) is 24.7 Å². The zero-order valence-corrected chi connectivity index (χ0v) is 21.6. The molecule has 0 unspecified atom stereocenters. The summed E-state index contributed by atoms with van der Waals surface area (Å²) in [6, 6.07) is -3.90. The SMILES string of the molecule is CSCC[C@H](NC(=O)[C@@H]1CCCN1C(=O)[C@@H](N)CC(C)C)C(=O)N[C@H](C(=O)NCC(=O)O)[C@@H](C)O. The Morgan fingerprint density at radius 3 is 2.31 bits per heavy atom. The minimum atomic E-state index is -1.41. The zero-order valence-electron chi connectivity index (χ0n) is 20.8. The maximum atomic E-state index is 13.1. The van der Waals surface area contributed by atoms with Crippen molar-refractivity contribution in [3.63, 3.8) is 0 Å². The number of amides is 4. The molecule has 0 spiro atoms. The molecule has 13 heteroatoms. The minimum Gasteiger partial charge on any atom is -0.480 e. The normalized spacial score (nSPS) is 18.9. The van der Waals surface area contributed by atoms with Crippen LogP contribution in [0.5, 0.6) is 0 Å². The average Bonchev–Trinajstić information content (AvgIpc) is 3.27. The number of nitrogens with two attached hydrogens (primary N) is 1. The minimum absolute atomic E-state index is 0.220. The first-order valence-electron chi connectivity index (χ1n) is 11.7. The molecule has 5 atom stereocenters. The second-order valence-corrected chi connectivity index (χ2v) is 10.1. The van der Waals surface area contributed by atoms with E-state index in [1.807, 2.05) is 20.1 Å². The van der Waals surface area contributed by atoms with E-state index in [1.54, 1.807) is 0 Å². The number of nitrogens with zero attached hydrogens (tertiary/aromatic N) is 1. The number of carboxylic acid groups (broad SMARTS) is 1. The number of aliphatic hydroxyl groups is 1. The third-order valence-electron chi connectivity index (χ3n) is 5.60. The lowest BCUT2D eigenvalue weighted by atomic mass is 10.0. The molecule has 12 nitrogen and oxygen atoms in total. The number of hydrogen-bond acceptors (Lipinski definition) is 8. The van der Waals surface area contributed by atoms with Gasteiger partial charge in [-0.05, 0) is 50.5 Å². The molecule has 0 bridgehead atoms. The molecule has 1 saturated heterocycles. The fourth-order valence-corrected chi connectivity index (χ4v) is 4.30. The second kappa shape index (κ2) is 14.9. The first kappa shape index (κ1) is 30.7. The number of hydrogen-bond donors (Lipinski definition) is 6. The molecule has 0 aliphatic carbocycles. The van der Waals surface area contributed by atoms with Gasteiger partial charge in [0, 0.05) is 6.54 Å². The summed E-state index contributed by atoms with van der Waals surface area (Å²) in [5.41, 5.74) is 6.04. The number of carboxylic acids is 1. The number of thioether (sulfide) groups is 1. The summed E-state index contributed by atoms with van der Waals surface area (Å²) in [5, 5.41) is 25.9. The summed E-state index contributed by atoms with van der Waals surface area (Å²) in [5.74, 6) is -2.88. The molecule has 0 aromatic rings. The van der Waals surface area contributed by atoms with E-state index >= 15 is 0 Å². The topological polar surface area (TPSA) is 191 Å². The summed E-state index contributed by atoms with van der Waals surface area (Å²) >= 11 is 1.46. The van der Waals surface area contributed by atoms with Gasteiger partial charge in [-0.25, -0.2) is 0 Å². The first-order valence-corrected chi connectivity index (χ1v) is 13.1. The van der Waals surface area contributed by atoms with Gasteiger partial charge in [0.15, 0.2) is 0 Å². The van der Waals surface area contributed by atoms with Crippen molar-refractivity contribution in [2.45, 2.75) is 76.7 Å². The number of aliphatic carboxylic acids is 1. The van der Waals surface area contributed by atoms with Gasteiger partial charge in [-0.1, -0.05) is 13.8 Å². The molecule has 1 fully saturated rings. The monoisotopic (exact) mass is 517 g/mol. The fourth-order valence-electron chi connectivity index (χ4n) is 3.83. The number of carbonyl (C=O) groups is 5. The van der Waals surface area contributed by atoms with E-state index in [-0.39, 0.29) is 18.2 Å². The van der Waals surface area contributed by atoms with Gasteiger partial charge in [-0.3, -0.25) is 24.0 Å². The van der Waals surface area contributed by atoms with Gasteiger partial charge < -0.3 is 36.8 Å². The van der Waals surface area contributed by atoms with Crippen LogP contribution in [0.2, 0.25) is 0 Å². The van der Waals surface area contributed by atoms with E-state index in [1.165, 1.54) is 23.6 Å². The lowest BCUT2D eigenvalue weighted by Crippen LogP contribution is -2.59. The third kappa shape index (κ3) is 10.0. The van der Waals surface area contributed by atoms with Crippen LogP contribution in [0.25, 0.3) is 0 Å². The van der Waals surface area contributed by atoms with E-state index in [4.69, 9.17) is 10.8 Å². The van der Waals surface area contributed by atoms with Gasteiger partial charge in [-0.2, -0.15) is 11.8 Å². The summed E-state index contributed by atoms with van der Waals surface area (Å²) in [4.78, 5) is 63.3. The van der Waals surface area contributed by atoms with Crippen LogP contribution < -0.4 is 21.7 Å². The van der Waals surface area contributed by atoms with Gasteiger partial charge in [-0.15, -0.1) is 0 Å². The number of nitrogens with one attached hydrogen (secondary N) is 3. The van der Waals surface area contributed by atoms with Crippen LogP contribution in [-0.2, 0) is 24.0 Å². The number of aliphatic hydroxyl groups excluding tert-OH is 1. The maximum absolute atomic E-state index is 13.1. The fraction of sp³-hybridized carbons (Fsp3) is 0.773. The molecule has 1 aliphatic heterocycles. The molecule has 4 amide bonds. The molecule has 0 radical (unpaired) electrons. The molecule has 0 saturated carbocycles. The molecule has 1 aliphatic rings. The largest absolute Gasteiger partial charge is 0.480 e. The Morgan fingerprint density at radius 2 is 1.77 bits per heavy atom. The number of likely N-dealkylation sites (tertiary alicyclic amines) is 1. The molecular weight excluding hydrogens is 478 g/mol. The van der Waals surface area contributed by atoms with Crippen LogP contribution in [0.1, 0.15) is 46.5 Å². The van der Waals surface area contributed by atoms with Crippen molar-refractivity contribution in [3.8, 4) is 0 Å². The van der Waals surface area contributed by atoms with E-state index in [9.17, 15) is 29.1 Å². The molecule has 1 rings (SSSR count). The van der Waals surface area contributed by atoms with E-state index in [0.717, 1.165) is 0 Å². The highest BCUT2D eigenvalue weighted by molar-refractivity contribution is 7.98. The molecule has 35 heavy (non-hydrogen) atoms. The summed E-state index contributed by atoms with van der Waals surface area (Å²) in [6.07, 6.45) is 2.34. The van der Waals surface area contributed by atoms with Gasteiger partial charge in [0.2, 0.25) is 23.6 Å². The van der Waals surface area contributed by atoms with Gasteiger partial charge >= 0.3 is 5.97 Å². The standard InChI is InChI=1S/C22H39N5O7S/c1-12(2)10-14(23)22(34)27-8-5-6-16(27)20(32)25-15(7-9-35-4)19(31)26-18(13(3)28)21(33)24-11-17(29)30/h12-16,18,28H,5-11,23H2,1-4H3,(H,24,33)(H,25,32)(H,26,31)(H,29,30)/t13-,14+,15+,16+,18+/m1/s1. The van der Waals surface area contributed by atoms with Crippen LogP contribution in [0, 0.1) is 5.92 Å². The van der Waals surface area contributed by atoms with Crippen molar-refractivity contribution in [1.82, 2.24) is 20.9 Å². The molecule has 0 aromatic heterocycles. The van der Waals surface area contributed by atoms with Crippen LogP contribution in [0.15, 0.2) is 0 Å². The maximum Gasteiger partial charge on any atom is 0.322 e. The van der Waals surface area contributed by atoms with Crippen LogP contribution in [0.3, 0.4) is 0 Å². The lowest BCUT2D eigenvalue weighted by Gasteiger charge is -2.29. The van der Waals surface area contributed by atoms with Gasteiger partial charge in [0.05, 0.1) is 12.1 Å². The Balaban J connectivity index is 2.92. The Kier molecular flexibility index (Phi) is 13.0. The van der Waals surface area contributed by atoms with Crippen LogP contribution in [0.4, 0.5) is 0 Å². The van der Waals surface area contributed by atoms with E-state index in [0.29, 0.717) is 31.6 Å². The Morgan fingerprint density at radius 1 is 1.11 bits per heavy atom. The molecule has 7 N–H and O–H groups in total. The Bertz CT molecular complexity index is 764. The summed E-state index contributed by atoms with van der Waals surface area (Å²) < 4.78 is 0. The second-order valence-electron chi connectivity index (χ2n) is 9.11. The zero-order chi connectivity index (χ0) is 26.7. The number of carbonyl (C=O) groups excluding carboxylic acids is 4. The highest BCUT2D eigenvalue weighted by atomic mass is 32.2.